The fourth-order valence-corrected chi connectivity index (χ4v) is 3.71. The maximum atomic E-state index is 13.6. The molecule has 1 aromatic carbocycles. The third-order valence-corrected chi connectivity index (χ3v) is 4.99. The predicted octanol–water partition coefficient (Wildman–Crippen LogP) is 1.53. The summed E-state index contributed by atoms with van der Waals surface area (Å²) in [7, 11) is -3.91. The molecule has 1 saturated heterocycles. The lowest BCUT2D eigenvalue weighted by Gasteiger charge is -2.37. The Morgan fingerprint density at radius 2 is 2.10 bits per heavy atom. The molecule has 21 heavy (non-hydrogen) atoms. The van der Waals surface area contributed by atoms with E-state index in [2.05, 4.69) is 0 Å². The van der Waals surface area contributed by atoms with E-state index in [9.17, 15) is 22.9 Å². The number of hydrogen-bond acceptors (Lipinski definition) is 5. The van der Waals surface area contributed by atoms with E-state index in [4.69, 9.17) is 4.74 Å². The molecule has 1 heterocycles. The van der Waals surface area contributed by atoms with Crippen molar-refractivity contribution < 1.29 is 22.5 Å². The zero-order chi connectivity index (χ0) is 15.8. The monoisotopic (exact) mass is 318 g/mol. The minimum Gasteiger partial charge on any atom is -0.373 e. The van der Waals surface area contributed by atoms with Gasteiger partial charge in [0.05, 0.1) is 22.0 Å². The van der Waals surface area contributed by atoms with E-state index in [0.29, 0.717) is 6.07 Å². The van der Waals surface area contributed by atoms with Gasteiger partial charge in [0.15, 0.2) is 0 Å². The highest BCUT2D eigenvalue weighted by Crippen LogP contribution is 2.26. The number of sulfonamides is 1. The lowest BCUT2D eigenvalue weighted by atomic mass is 10.1. The first-order valence-electron chi connectivity index (χ1n) is 6.21. The van der Waals surface area contributed by atoms with Gasteiger partial charge in [0.25, 0.3) is 0 Å². The number of morpholine rings is 1. The summed E-state index contributed by atoms with van der Waals surface area (Å²) >= 11 is 0. The molecule has 1 aliphatic heterocycles. The van der Waals surface area contributed by atoms with Crippen molar-refractivity contribution >= 4 is 15.7 Å². The van der Waals surface area contributed by atoms with Crippen LogP contribution >= 0.6 is 0 Å². The van der Waals surface area contributed by atoms with E-state index < -0.39 is 32.1 Å². The van der Waals surface area contributed by atoms with Gasteiger partial charge in [-0.2, -0.15) is 8.70 Å². The van der Waals surface area contributed by atoms with Crippen molar-refractivity contribution in [1.29, 1.82) is 0 Å². The summed E-state index contributed by atoms with van der Waals surface area (Å²) in [5, 5.41) is 10.6. The van der Waals surface area contributed by atoms with Crippen LogP contribution in [-0.2, 0) is 14.8 Å². The molecule has 0 unspecified atom stereocenters. The van der Waals surface area contributed by atoms with E-state index in [1.807, 2.05) is 0 Å². The van der Waals surface area contributed by atoms with E-state index in [1.165, 1.54) is 4.31 Å². The highest BCUT2D eigenvalue weighted by Gasteiger charge is 2.35. The van der Waals surface area contributed by atoms with Crippen molar-refractivity contribution in [3.63, 3.8) is 0 Å². The lowest BCUT2D eigenvalue weighted by molar-refractivity contribution is -0.387. The van der Waals surface area contributed by atoms with Crippen LogP contribution in [0.15, 0.2) is 23.1 Å². The number of nitro benzene ring substituents is 1. The molecule has 0 amide bonds. The third kappa shape index (κ3) is 3.20. The molecule has 7 nitrogen and oxygen atoms in total. The maximum absolute atomic E-state index is 13.6. The van der Waals surface area contributed by atoms with Gasteiger partial charge in [0.1, 0.15) is 0 Å². The second-order valence-electron chi connectivity index (χ2n) is 5.32. The fourth-order valence-electron chi connectivity index (χ4n) is 2.12. The Morgan fingerprint density at radius 1 is 1.43 bits per heavy atom. The van der Waals surface area contributed by atoms with Gasteiger partial charge in [-0.1, -0.05) is 0 Å². The van der Waals surface area contributed by atoms with Crippen LogP contribution in [-0.4, -0.2) is 42.9 Å². The molecule has 2 rings (SSSR count). The van der Waals surface area contributed by atoms with Crippen LogP contribution in [0.1, 0.15) is 13.8 Å². The maximum Gasteiger partial charge on any atom is 0.304 e. The van der Waals surface area contributed by atoms with Crippen molar-refractivity contribution in [3.05, 3.63) is 34.1 Å². The number of halogens is 1. The molecule has 0 spiro atoms. The first-order valence-corrected chi connectivity index (χ1v) is 7.65. The zero-order valence-electron chi connectivity index (χ0n) is 11.6. The molecule has 0 aliphatic carbocycles. The summed E-state index contributed by atoms with van der Waals surface area (Å²) < 4.78 is 45.1. The molecule has 0 radical (unpaired) electrons. The number of hydrogen-bond donors (Lipinski definition) is 0. The minimum atomic E-state index is -3.91. The molecule has 0 bridgehead atoms. The first kappa shape index (κ1) is 15.8. The zero-order valence-corrected chi connectivity index (χ0v) is 12.4. The summed E-state index contributed by atoms with van der Waals surface area (Å²) in [5.74, 6) is -1.17. The van der Waals surface area contributed by atoms with E-state index >= 15 is 0 Å². The van der Waals surface area contributed by atoms with Crippen LogP contribution in [0.2, 0.25) is 0 Å². The van der Waals surface area contributed by atoms with Gasteiger partial charge >= 0.3 is 5.69 Å². The average molecular weight is 318 g/mol. The number of ether oxygens (including phenoxy) is 1. The molecule has 9 heteroatoms. The van der Waals surface area contributed by atoms with Gasteiger partial charge in [-0.3, -0.25) is 10.1 Å². The Kier molecular flexibility index (Phi) is 4.00. The second-order valence-corrected chi connectivity index (χ2v) is 7.26. The van der Waals surface area contributed by atoms with Crippen molar-refractivity contribution in [1.82, 2.24) is 4.31 Å². The van der Waals surface area contributed by atoms with E-state index in [-0.39, 0.29) is 24.6 Å². The molecular weight excluding hydrogens is 303 g/mol. The van der Waals surface area contributed by atoms with Crippen LogP contribution < -0.4 is 0 Å². The van der Waals surface area contributed by atoms with Crippen molar-refractivity contribution in [2.24, 2.45) is 0 Å². The van der Waals surface area contributed by atoms with Crippen LogP contribution in [0.5, 0.6) is 0 Å². The Hall–Kier alpha value is -1.58. The molecule has 0 saturated carbocycles. The van der Waals surface area contributed by atoms with E-state index in [1.54, 1.807) is 13.8 Å². The van der Waals surface area contributed by atoms with Crippen molar-refractivity contribution in [2.75, 3.05) is 19.7 Å². The van der Waals surface area contributed by atoms with Gasteiger partial charge in [-0.25, -0.2) is 8.42 Å². The number of nitro groups is 1. The Labute approximate surface area is 121 Å². The molecule has 116 valence electrons. The molecule has 0 N–H and O–H groups in total. The largest absolute Gasteiger partial charge is 0.373 e. The number of benzene rings is 1. The average Bonchev–Trinajstić information content (AvgIpc) is 2.36. The molecule has 1 aromatic rings. The standard InChI is InChI=1S/C12H15FN2O5S/c1-12(2)8-14(5-6-20-12)21(18,19)9-3-4-11(15(16)17)10(13)7-9/h3-4,7H,5-6,8H2,1-2H3. The van der Waals surface area contributed by atoms with Crippen molar-refractivity contribution in [3.8, 4) is 0 Å². The highest BCUT2D eigenvalue weighted by atomic mass is 32.2. The predicted molar refractivity (Wildman–Crippen MR) is 71.8 cm³/mol. The fraction of sp³-hybridized carbons (Fsp3) is 0.500. The molecular formula is C12H15FN2O5S. The van der Waals surface area contributed by atoms with Gasteiger partial charge < -0.3 is 4.74 Å². The number of rotatable bonds is 3. The third-order valence-electron chi connectivity index (χ3n) is 3.14. The van der Waals surface area contributed by atoms with Crippen LogP contribution in [0, 0.1) is 15.9 Å². The normalized spacial score (nSPS) is 19.4. The molecule has 0 atom stereocenters. The Balaban J connectivity index is 2.36. The van der Waals surface area contributed by atoms with Crippen molar-refractivity contribution in [2.45, 2.75) is 24.3 Å². The summed E-state index contributed by atoms with van der Waals surface area (Å²) in [6.45, 7) is 4.04. The van der Waals surface area contributed by atoms with Crippen LogP contribution in [0.3, 0.4) is 0 Å². The van der Waals surface area contributed by atoms with E-state index in [0.717, 1.165) is 12.1 Å². The first-order chi connectivity index (χ1) is 9.63. The van der Waals surface area contributed by atoms with Crippen LogP contribution in [0.25, 0.3) is 0 Å². The minimum absolute atomic E-state index is 0.133. The SMILES string of the molecule is CC1(C)CN(S(=O)(=O)c2ccc([N+](=O)[O-])c(F)c2)CCO1. The second kappa shape index (κ2) is 5.32. The lowest BCUT2D eigenvalue weighted by Crippen LogP contribution is -2.50. The summed E-state index contributed by atoms with van der Waals surface area (Å²) in [5.41, 5.74) is -1.39. The molecule has 1 aliphatic rings. The van der Waals surface area contributed by atoms with Gasteiger partial charge in [0.2, 0.25) is 15.8 Å². The van der Waals surface area contributed by atoms with Crippen LogP contribution in [0.4, 0.5) is 10.1 Å². The summed E-state index contributed by atoms with van der Waals surface area (Å²) in [6, 6.07) is 2.57. The smallest absolute Gasteiger partial charge is 0.304 e. The molecule has 1 fully saturated rings. The summed E-state index contributed by atoms with van der Waals surface area (Å²) in [6.07, 6.45) is 0. The highest BCUT2D eigenvalue weighted by molar-refractivity contribution is 7.89. The Bertz CT molecular complexity index is 674. The van der Waals surface area contributed by atoms with Gasteiger partial charge in [-0.15, -0.1) is 0 Å². The Morgan fingerprint density at radius 3 is 2.62 bits per heavy atom. The summed E-state index contributed by atoms with van der Waals surface area (Å²) in [4.78, 5) is 9.36. The van der Waals surface area contributed by atoms with Gasteiger partial charge in [-0.05, 0) is 19.9 Å². The quantitative estimate of drug-likeness (QED) is 0.623. The number of nitrogens with zero attached hydrogens (tertiary/aromatic N) is 2. The molecule has 0 aromatic heterocycles. The topological polar surface area (TPSA) is 89.8 Å². The van der Waals surface area contributed by atoms with Gasteiger partial charge in [0, 0.05) is 25.2 Å².